The predicted molar refractivity (Wildman–Crippen MR) is 93.1 cm³/mol. The van der Waals surface area contributed by atoms with Crippen LogP contribution in [-0.4, -0.2) is 72.5 Å². The number of nitrogens with zero attached hydrogens (tertiary/aromatic N) is 4. The van der Waals surface area contributed by atoms with Crippen molar-refractivity contribution in [1.82, 2.24) is 14.7 Å². The molecule has 3 amide bonds. The number of ether oxygens (including phenoxy) is 1. The number of hydrogen-bond acceptors (Lipinski definition) is 4. The minimum absolute atomic E-state index is 0.0293. The second kappa shape index (κ2) is 8.92. The van der Waals surface area contributed by atoms with Gasteiger partial charge in [-0.3, -0.25) is 4.79 Å². The van der Waals surface area contributed by atoms with Crippen molar-refractivity contribution in [3.8, 4) is 11.8 Å². The Hall–Kier alpha value is -2.75. The van der Waals surface area contributed by atoms with E-state index in [0.29, 0.717) is 50.6 Å². The lowest BCUT2D eigenvalue weighted by Gasteiger charge is -2.37. The standard InChI is InChI=1S/C18H24N4O3/c1-3-20(4-2)18(24)22-10-8-21(9-11-22)17(23)14-25-16-7-5-6-15(12-16)13-19/h5-7,12H,3-4,8-11,14H2,1-2H3. The molecule has 1 aromatic rings. The first-order chi connectivity index (χ1) is 12.1. The van der Waals surface area contributed by atoms with E-state index >= 15 is 0 Å². The fraction of sp³-hybridized carbons (Fsp3) is 0.500. The maximum absolute atomic E-state index is 12.3. The highest BCUT2D eigenvalue weighted by atomic mass is 16.5. The summed E-state index contributed by atoms with van der Waals surface area (Å²) < 4.78 is 5.48. The van der Waals surface area contributed by atoms with Gasteiger partial charge in [0.05, 0.1) is 11.6 Å². The van der Waals surface area contributed by atoms with Gasteiger partial charge in [0.25, 0.3) is 5.91 Å². The summed E-state index contributed by atoms with van der Waals surface area (Å²) in [5, 5.41) is 8.87. The highest BCUT2D eigenvalue weighted by molar-refractivity contribution is 5.79. The van der Waals surface area contributed by atoms with Crippen LogP contribution >= 0.6 is 0 Å². The van der Waals surface area contributed by atoms with E-state index in [1.54, 1.807) is 39.0 Å². The smallest absolute Gasteiger partial charge is 0.320 e. The number of amides is 3. The van der Waals surface area contributed by atoms with Crippen LogP contribution in [0.25, 0.3) is 0 Å². The van der Waals surface area contributed by atoms with E-state index in [0.717, 1.165) is 0 Å². The highest BCUT2D eigenvalue weighted by Gasteiger charge is 2.26. The minimum atomic E-state index is -0.114. The molecule has 7 nitrogen and oxygen atoms in total. The molecule has 2 rings (SSSR count). The van der Waals surface area contributed by atoms with E-state index in [2.05, 4.69) is 0 Å². The van der Waals surface area contributed by atoms with Crippen molar-refractivity contribution in [2.45, 2.75) is 13.8 Å². The monoisotopic (exact) mass is 344 g/mol. The number of piperazine rings is 1. The molecule has 1 aliphatic heterocycles. The summed E-state index contributed by atoms with van der Waals surface area (Å²) >= 11 is 0. The third kappa shape index (κ3) is 4.86. The Kier molecular flexibility index (Phi) is 6.63. The number of urea groups is 1. The van der Waals surface area contributed by atoms with E-state index in [1.165, 1.54) is 0 Å². The maximum Gasteiger partial charge on any atom is 0.320 e. The van der Waals surface area contributed by atoms with Gasteiger partial charge in [-0.15, -0.1) is 0 Å². The number of carbonyl (C=O) groups excluding carboxylic acids is 2. The van der Waals surface area contributed by atoms with Crippen LogP contribution in [0.5, 0.6) is 5.75 Å². The maximum atomic E-state index is 12.3. The highest BCUT2D eigenvalue weighted by Crippen LogP contribution is 2.13. The van der Waals surface area contributed by atoms with Crippen LogP contribution in [0.1, 0.15) is 19.4 Å². The third-order valence-corrected chi connectivity index (χ3v) is 4.26. The second-order valence-corrected chi connectivity index (χ2v) is 5.75. The molecular weight excluding hydrogens is 320 g/mol. The summed E-state index contributed by atoms with van der Waals surface area (Å²) in [5.41, 5.74) is 0.494. The van der Waals surface area contributed by atoms with E-state index in [4.69, 9.17) is 10.00 Å². The first kappa shape index (κ1) is 18.6. The Bertz CT molecular complexity index is 644. The summed E-state index contributed by atoms with van der Waals surface area (Å²) in [7, 11) is 0. The topological polar surface area (TPSA) is 76.9 Å². The molecule has 1 aromatic carbocycles. The summed E-state index contributed by atoms with van der Waals surface area (Å²) in [6.45, 7) is 7.30. The summed E-state index contributed by atoms with van der Waals surface area (Å²) in [6.07, 6.45) is 0. The molecule has 0 N–H and O–H groups in total. The first-order valence-electron chi connectivity index (χ1n) is 8.53. The molecule has 0 saturated carbocycles. The molecule has 134 valence electrons. The van der Waals surface area contributed by atoms with E-state index < -0.39 is 0 Å². The molecule has 1 heterocycles. The fourth-order valence-corrected chi connectivity index (χ4v) is 2.73. The van der Waals surface area contributed by atoms with Crippen molar-refractivity contribution in [1.29, 1.82) is 5.26 Å². The summed E-state index contributed by atoms with van der Waals surface area (Å²) in [4.78, 5) is 29.9. The van der Waals surface area contributed by atoms with Crippen molar-refractivity contribution in [2.24, 2.45) is 0 Å². The zero-order valence-electron chi connectivity index (χ0n) is 14.8. The molecule has 0 atom stereocenters. The largest absolute Gasteiger partial charge is 0.484 e. The van der Waals surface area contributed by atoms with Crippen molar-refractivity contribution in [3.05, 3.63) is 29.8 Å². The number of carbonyl (C=O) groups is 2. The number of rotatable bonds is 5. The lowest BCUT2D eigenvalue weighted by atomic mass is 10.2. The van der Waals surface area contributed by atoms with Gasteiger partial charge in [0.1, 0.15) is 5.75 Å². The quantitative estimate of drug-likeness (QED) is 0.812. The molecule has 0 aromatic heterocycles. The molecule has 7 heteroatoms. The molecule has 0 unspecified atom stereocenters. The minimum Gasteiger partial charge on any atom is -0.484 e. The zero-order chi connectivity index (χ0) is 18.2. The second-order valence-electron chi connectivity index (χ2n) is 5.75. The first-order valence-corrected chi connectivity index (χ1v) is 8.53. The molecule has 1 fully saturated rings. The van der Waals surface area contributed by atoms with Crippen LogP contribution in [0, 0.1) is 11.3 Å². The van der Waals surface area contributed by atoms with Gasteiger partial charge in [-0.25, -0.2) is 4.79 Å². The van der Waals surface area contributed by atoms with Crippen LogP contribution in [0.15, 0.2) is 24.3 Å². The molecule has 0 bridgehead atoms. The lowest BCUT2D eigenvalue weighted by molar-refractivity contribution is -0.134. The van der Waals surface area contributed by atoms with Gasteiger partial charge < -0.3 is 19.4 Å². The Morgan fingerprint density at radius 1 is 1.16 bits per heavy atom. The van der Waals surface area contributed by atoms with Crippen molar-refractivity contribution >= 4 is 11.9 Å². The molecule has 1 saturated heterocycles. The average molecular weight is 344 g/mol. The Balaban J connectivity index is 1.81. The number of benzene rings is 1. The summed E-state index contributed by atoms with van der Waals surface area (Å²) in [5.74, 6) is 0.389. The van der Waals surface area contributed by atoms with Crippen molar-refractivity contribution in [2.75, 3.05) is 45.9 Å². The fourth-order valence-electron chi connectivity index (χ4n) is 2.73. The van der Waals surface area contributed by atoms with Gasteiger partial charge in [0.2, 0.25) is 0 Å². The van der Waals surface area contributed by atoms with Gasteiger partial charge in [-0.05, 0) is 32.0 Å². The van der Waals surface area contributed by atoms with Gasteiger partial charge in [0.15, 0.2) is 6.61 Å². The van der Waals surface area contributed by atoms with Crippen LogP contribution in [0.3, 0.4) is 0 Å². The normalized spacial score (nSPS) is 14.0. The zero-order valence-corrected chi connectivity index (χ0v) is 14.8. The Morgan fingerprint density at radius 2 is 1.80 bits per heavy atom. The van der Waals surface area contributed by atoms with Crippen LogP contribution in [0.2, 0.25) is 0 Å². The Morgan fingerprint density at radius 3 is 2.40 bits per heavy atom. The molecule has 0 radical (unpaired) electrons. The molecule has 0 aliphatic carbocycles. The SMILES string of the molecule is CCN(CC)C(=O)N1CCN(C(=O)COc2cccc(C#N)c2)CC1. The van der Waals surface area contributed by atoms with Crippen LogP contribution in [-0.2, 0) is 4.79 Å². The van der Waals surface area contributed by atoms with Gasteiger partial charge in [-0.2, -0.15) is 5.26 Å². The van der Waals surface area contributed by atoms with Gasteiger partial charge >= 0.3 is 6.03 Å². The lowest BCUT2D eigenvalue weighted by Crippen LogP contribution is -2.54. The molecule has 1 aliphatic rings. The van der Waals surface area contributed by atoms with E-state index in [-0.39, 0.29) is 18.5 Å². The average Bonchev–Trinajstić information content (AvgIpc) is 2.67. The van der Waals surface area contributed by atoms with Crippen molar-refractivity contribution < 1.29 is 14.3 Å². The van der Waals surface area contributed by atoms with E-state index in [1.807, 2.05) is 19.9 Å². The van der Waals surface area contributed by atoms with Gasteiger partial charge in [0, 0.05) is 39.3 Å². The van der Waals surface area contributed by atoms with Crippen molar-refractivity contribution in [3.63, 3.8) is 0 Å². The molecule has 0 spiro atoms. The predicted octanol–water partition coefficient (Wildman–Crippen LogP) is 1.54. The number of hydrogen-bond donors (Lipinski definition) is 0. The van der Waals surface area contributed by atoms with E-state index in [9.17, 15) is 9.59 Å². The third-order valence-electron chi connectivity index (χ3n) is 4.26. The van der Waals surface area contributed by atoms with Crippen LogP contribution < -0.4 is 4.74 Å². The summed E-state index contributed by atoms with van der Waals surface area (Å²) in [6, 6.07) is 8.79. The Labute approximate surface area is 148 Å². The molecule has 25 heavy (non-hydrogen) atoms. The van der Waals surface area contributed by atoms with Gasteiger partial charge in [-0.1, -0.05) is 6.07 Å². The van der Waals surface area contributed by atoms with Crippen LogP contribution in [0.4, 0.5) is 4.79 Å². The molecular formula is C18H24N4O3. The number of nitriles is 1.